The Morgan fingerprint density at radius 3 is 2.42 bits per heavy atom. The smallest absolute Gasteiger partial charge is 0.131 e. The number of hydrogen-bond donors (Lipinski definition) is 1. The molecule has 0 aliphatic rings. The minimum atomic E-state index is -1.15. The van der Waals surface area contributed by atoms with Crippen LogP contribution in [-0.4, -0.2) is 41.1 Å². The van der Waals surface area contributed by atoms with Gasteiger partial charge in [-0.2, -0.15) is 11.8 Å². The van der Waals surface area contributed by atoms with E-state index in [-0.39, 0.29) is 18.2 Å². The van der Waals surface area contributed by atoms with Gasteiger partial charge in [-0.15, -0.1) is 0 Å². The maximum absolute atomic E-state index is 13.5. The molecular formula is C14H21F2NOS. The lowest BCUT2D eigenvalue weighted by atomic mass is 10.1. The van der Waals surface area contributed by atoms with Crippen molar-refractivity contribution in [1.82, 2.24) is 4.90 Å². The normalized spacial score (nSPS) is 14.7. The number of rotatable bonds is 7. The molecule has 0 saturated heterocycles. The average molecular weight is 289 g/mol. The van der Waals surface area contributed by atoms with Crippen molar-refractivity contribution in [3.8, 4) is 0 Å². The van der Waals surface area contributed by atoms with E-state index in [4.69, 9.17) is 0 Å². The minimum absolute atomic E-state index is 0.212. The summed E-state index contributed by atoms with van der Waals surface area (Å²) in [6.07, 6.45) is -1.15. The van der Waals surface area contributed by atoms with Crippen molar-refractivity contribution >= 4 is 11.8 Å². The van der Waals surface area contributed by atoms with E-state index in [1.54, 1.807) is 11.8 Å². The number of aliphatic hydroxyl groups is 1. The van der Waals surface area contributed by atoms with E-state index in [9.17, 15) is 13.9 Å². The van der Waals surface area contributed by atoms with Gasteiger partial charge in [0, 0.05) is 18.3 Å². The molecule has 0 aliphatic carbocycles. The van der Waals surface area contributed by atoms with Crippen molar-refractivity contribution < 1.29 is 13.9 Å². The van der Waals surface area contributed by atoms with E-state index >= 15 is 0 Å². The van der Waals surface area contributed by atoms with Crippen LogP contribution in [-0.2, 0) is 0 Å². The van der Waals surface area contributed by atoms with E-state index in [1.807, 2.05) is 18.9 Å². The second-order valence-electron chi connectivity index (χ2n) is 4.60. The highest BCUT2D eigenvalue weighted by Crippen LogP contribution is 2.22. The van der Waals surface area contributed by atoms with Crippen LogP contribution in [0.2, 0.25) is 0 Å². The molecule has 1 aromatic carbocycles. The zero-order chi connectivity index (χ0) is 14.4. The number of hydrogen-bond acceptors (Lipinski definition) is 3. The molecule has 0 spiro atoms. The molecule has 0 aromatic heterocycles. The Balaban J connectivity index is 2.66. The first-order valence-electron chi connectivity index (χ1n) is 6.37. The van der Waals surface area contributed by atoms with Crippen LogP contribution in [0.4, 0.5) is 8.78 Å². The maximum Gasteiger partial charge on any atom is 0.131 e. The lowest BCUT2D eigenvalue weighted by molar-refractivity contribution is 0.107. The summed E-state index contributed by atoms with van der Waals surface area (Å²) >= 11 is 1.80. The molecule has 2 unspecified atom stereocenters. The fourth-order valence-electron chi connectivity index (χ4n) is 1.79. The highest BCUT2D eigenvalue weighted by molar-refractivity contribution is 7.99. The Bertz CT molecular complexity index is 383. The van der Waals surface area contributed by atoms with Gasteiger partial charge in [0.05, 0.1) is 11.7 Å². The van der Waals surface area contributed by atoms with Crippen LogP contribution in [0.15, 0.2) is 18.2 Å². The molecular weight excluding hydrogens is 268 g/mol. The summed E-state index contributed by atoms with van der Waals surface area (Å²) in [4.78, 5) is 1.92. The number of nitrogens with zero attached hydrogens (tertiary/aromatic N) is 1. The molecule has 19 heavy (non-hydrogen) atoms. The van der Waals surface area contributed by atoms with Gasteiger partial charge in [0.2, 0.25) is 0 Å². The SMILES string of the molecule is CCSCC(C)N(C)CC(O)c1c(F)cccc1F. The van der Waals surface area contributed by atoms with Crippen molar-refractivity contribution in [1.29, 1.82) is 0 Å². The Labute approximate surface area is 117 Å². The highest BCUT2D eigenvalue weighted by Gasteiger charge is 2.21. The molecule has 0 heterocycles. The topological polar surface area (TPSA) is 23.5 Å². The molecule has 2 nitrogen and oxygen atoms in total. The molecule has 1 aromatic rings. The van der Waals surface area contributed by atoms with E-state index in [2.05, 4.69) is 6.92 Å². The summed E-state index contributed by atoms with van der Waals surface area (Å²) in [5, 5.41) is 10.00. The fraction of sp³-hybridized carbons (Fsp3) is 0.571. The second kappa shape index (κ2) is 7.82. The minimum Gasteiger partial charge on any atom is -0.387 e. The molecule has 0 fully saturated rings. The summed E-state index contributed by atoms with van der Waals surface area (Å²) in [5.41, 5.74) is -0.246. The lowest BCUT2D eigenvalue weighted by Gasteiger charge is -2.27. The number of thioether (sulfide) groups is 1. The molecule has 0 radical (unpaired) electrons. The zero-order valence-electron chi connectivity index (χ0n) is 11.6. The van der Waals surface area contributed by atoms with E-state index in [0.717, 1.165) is 23.6 Å². The summed E-state index contributed by atoms with van der Waals surface area (Å²) in [7, 11) is 1.85. The van der Waals surface area contributed by atoms with Gasteiger partial charge in [0.1, 0.15) is 11.6 Å². The summed E-state index contributed by atoms with van der Waals surface area (Å²) < 4.78 is 27.1. The highest BCUT2D eigenvalue weighted by atomic mass is 32.2. The van der Waals surface area contributed by atoms with Crippen LogP contribution in [0.25, 0.3) is 0 Å². The van der Waals surface area contributed by atoms with Gasteiger partial charge in [-0.3, -0.25) is 4.90 Å². The van der Waals surface area contributed by atoms with Crippen molar-refractivity contribution in [2.24, 2.45) is 0 Å². The van der Waals surface area contributed by atoms with Crippen LogP contribution in [0.1, 0.15) is 25.5 Å². The van der Waals surface area contributed by atoms with E-state index < -0.39 is 17.7 Å². The van der Waals surface area contributed by atoms with Crippen LogP contribution < -0.4 is 0 Å². The van der Waals surface area contributed by atoms with Gasteiger partial charge in [0.25, 0.3) is 0 Å². The Hall–Kier alpha value is -0.650. The summed E-state index contributed by atoms with van der Waals surface area (Å²) in [6, 6.07) is 3.87. The van der Waals surface area contributed by atoms with Gasteiger partial charge in [0.15, 0.2) is 0 Å². The number of halogens is 2. The van der Waals surface area contributed by atoms with Gasteiger partial charge in [-0.25, -0.2) is 8.78 Å². The standard InChI is InChI=1S/C14H21F2NOS/c1-4-19-9-10(2)17(3)8-13(18)14-11(15)6-5-7-12(14)16/h5-7,10,13,18H,4,8-9H2,1-3H3. The van der Waals surface area contributed by atoms with Gasteiger partial charge >= 0.3 is 0 Å². The number of benzene rings is 1. The van der Waals surface area contributed by atoms with Gasteiger partial charge in [-0.05, 0) is 31.9 Å². The number of aliphatic hydroxyl groups excluding tert-OH is 1. The van der Waals surface area contributed by atoms with Crippen molar-refractivity contribution in [3.05, 3.63) is 35.4 Å². The Morgan fingerprint density at radius 2 is 1.89 bits per heavy atom. The quantitative estimate of drug-likeness (QED) is 0.834. The first kappa shape index (κ1) is 16.4. The third kappa shape index (κ3) is 4.75. The molecule has 0 amide bonds. The van der Waals surface area contributed by atoms with Crippen molar-refractivity contribution in [2.45, 2.75) is 26.0 Å². The number of likely N-dealkylation sites (N-methyl/N-ethyl adjacent to an activating group) is 1. The molecule has 0 bridgehead atoms. The first-order chi connectivity index (χ1) is 8.97. The molecule has 2 atom stereocenters. The van der Waals surface area contributed by atoms with Crippen LogP contribution in [0, 0.1) is 11.6 Å². The predicted molar refractivity (Wildman–Crippen MR) is 76.4 cm³/mol. The van der Waals surface area contributed by atoms with Gasteiger partial charge in [-0.1, -0.05) is 13.0 Å². The van der Waals surface area contributed by atoms with E-state index in [0.29, 0.717) is 0 Å². The second-order valence-corrected chi connectivity index (χ2v) is 5.92. The zero-order valence-corrected chi connectivity index (χ0v) is 12.4. The molecule has 0 aliphatic heterocycles. The summed E-state index contributed by atoms with van der Waals surface area (Å²) in [5.74, 6) is 0.565. The molecule has 0 saturated carbocycles. The largest absolute Gasteiger partial charge is 0.387 e. The molecule has 1 rings (SSSR count). The van der Waals surface area contributed by atoms with E-state index in [1.165, 1.54) is 6.07 Å². The Morgan fingerprint density at radius 1 is 1.32 bits per heavy atom. The monoisotopic (exact) mass is 289 g/mol. The Kier molecular flexibility index (Phi) is 6.75. The first-order valence-corrected chi connectivity index (χ1v) is 7.52. The van der Waals surface area contributed by atoms with Gasteiger partial charge < -0.3 is 5.11 Å². The summed E-state index contributed by atoms with van der Waals surface area (Å²) in [6.45, 7) is 4.33. The molecule has 108 valence electrons. The van der Waals surface area contributed by atoms with Crippen LogP contribution >= 0.6 is 11.8 Å². The lowest BCUT2D eigenvalue weighted by Crippen LogP contribution is -2.35. The maximum atomic E-state index is 13.5. The fourth-order valence-corrected chi connectivity index (χ4v) is 2.62. The molecule has 1 N–H and O–H groups in total. The predicted octanol–water partition coefficient (Wildman–Crippen LogP) is 3.07. The van der Waals surface area contributed by atoms with Crippen molar-refractivity contribution in [3.63, 3.8) is 0 Å². The third-order valence-corrected chi connectivity index (χ3v) is 4.24. The van der Waals surface area contributed by atoms with Crippen molar-refractivity contribution in [2.75, 3.05) is 25.1 Å². The van der Waals surface area contributed by atoms with Crippen LogP contribution in [0.3, 0.4) is 0 Å². The third-order valence-electron chi connectivity index (χ3n) is 3.11. The average Bonchev–Trinajstić information content (AvgIpc) is 2.35. The van der Waals surface area contributed by atoms with Crippen LogP contribution in [0.5, 0.6) is 0 Å². The molecule has 5 heteroatoms.